The second kappa shape index (κ2) is 23.0. The van der Waals surface area contributed by atoms with E-state index >= 15 is 0 Å². The molecule has 8 rings (SSSR count). The highest BCUT2D eigenvalue weighted by molar-refractivity contribution is 7.13. The number of phenols is 1. The summed E-state index contributed by atoms with van der Waals surface area (Å²) < 4.78 is 6.35. The Bertz CT molecular complexity index is 2690. The smallest absolute Gasteiger partial charge is 0.246 e. The molecule has 4 atom stereocenters. The van der Waals surface area contributed by atoms with Crippen molar-refractivity contribution in [3.8, 4) is 33.2 Å². The van der Waals surface area contributed by atoms with E-state index in [0.29, 0.717) is 55.8 Å². The Morgan fingerprint density at radius 2 is 1.64 bits per heavy atom. The van der Waals surface area contributed by atoms with Gasteiger partial charge in [0, 0.05) is 43.8 Å². The number of carbonyl (C=O) groups excluding carboxylic acids is 4. The molecule has 16 nitrogen and oxygen atoms in total. The van der Waals surface area contributed by atoms with Gasteiger partial charge in [0.2, 0.25) is 17.7 Å². The lowest BCUT2D eigenvalue weighted by Gasteiger charge is -2.41. The van der Waals surface area contributed by atoms with E-state index < -0.39 is 29.5 Å². The van der Waals surface area contributed by atoms with Crippen molar-refractivity contribution in [2.45, 2.75) is 123 Å². The number of ether oxygens (including phenoxy) is 1. The lowest BCUT2D eigenvalue weighted by Crippen LogP contribution is -2.57. The van der Waals surface area contributed by atoms with Crippen LogP contribution >= 0.6 is 11.3 Å². The van der Waals surface area contributed by atoms with E-state index in [4.69, 9.17) is 10.5 Å². The number of nitrogen functional groups attached to an aromatic ring is 1. The Balaban J connectivity index is 0.727. The van der Waals surface area contributed by atoms with Crippen molar-refractivity contribution in [1.29, 1.82) is 0 Å². The van der Waals surface area contributed by atoms with E-state index in [0.717, 1.165) is 71.2 Å². The van der Waals surface area contributed by atoms with Crippen LogP contribution in [-0.4, -0.2) is 116 Å². The lowest BCUT2D eigenvalue weighted by molar-refractivity contribution is -0.144. The topological polar surface area (TPSA) is 216 Å². The van der Waals surface area contributed by atoms with E-state index in [9.17, 15) is 29.4 Å². The number of piperidine rings is 1. The fourth-order valence-corrected chi connectivity index (χ4v) is 10.8. The molecule has 6 N–H and O–H groups in total. The van der Waals surface area contributed by atoms with Crippen LogP contribution in [0.3, 0.4) is 0 Å². The van der Waals surface area contributed by atoms with Gasteiger partial charge in [0.15, 0.2) is 5.82 Å². The number of hydrogen-bond donors (Lipinski definition) is 5. The van der Waals surface area contributed by atoms with Crippen molar-refractivity contribution in [3.63, 3.8) is 0 Å². The maximum absolute atomic E-state index is 14.2. The Morgan fingerprint density at radius 1 is 0.903 bits per heavy atom. The zero-order valence-corrected chi connectivity index (χ0v) is 42.9. The molecule has 0 unspecified atom stereocenters. The summed E-state index contributed by atoms with van der Waals surface area (Å²) >= 11 is 1.58. The number of aryl methyl sites for hydroxylation is 1. The van der Waals surface area contributed by atoms with Gasteiger partial charge in [0.25, 0.3) is 0 Å². The molecule has 0 aliphatic carbocycles. The van der Waals surface area contributed by atoms with Crippen LogP contribution in [0.25, 0.3) is 21.7 Å². The van der Waals surface area contributed by atoms with Crippen LogP contribution in [0.15, 0.2) is 84.4 Å². The third-order valence-electron chi connectivity index (χ3n) is 14.2. The van der Waals surface area contributed by atoms with Gasteiger partial charge in [-0.05, 0) is 105 Å². The Hall–Kier alpha value is -6.43. The first kappa shape index (κ1) is 51.9. The summed E-state index contributed by atoms with van der Waals surface area (Å²) in [5.74, 6) is 0.570. The first-order valence-electron chi connectivity index (χ1n) is 25.3. The van der Waals surface area contributed by atoms with Crippen LogP contribution < -0.4 is 26.0 Å². The number of β-amino-alcohol motifs (C(OH)–C–C–N with tert-alkyl or cyclic N) is 1. The number of aromatic hydroxyl groups is 1. The molecule has 2 aromatic heterocycles. The zero-order chi connectivity index (χ0) is 51.1. The van der Waals surface area contributed by atoms with Crippen LogP contribution in [0.2, 0.25) is 0 Å². The fourth-order valence-electron chi connectivity index (χ4n) is 9.97. The highest BCUT2D eigenvalue weighted by atomic mass is 32.1. The van der Waals surface area contributed by atoms with Crippen LogP contribution in [0.1, 0.15) is 102 Å². The van der Waals surface area contributed by atoms with Crippen molar-refractivity contribution in [2.75, 3.05) is 43.4 Å². The molecule has 3 aromatic carbocycles. The molecular weight excluding hydrogens is 931 g/mol. The molecule has 3 aliphatic heterocycles. The number of phenolic OH excluding ortho intramolecular Hbond substituents is 1. The maximum Gasteiger partial charge on any atom is 0.246 e. The molecule has 0 saturated carbocycles. The highest BCUT2D eigenvalue weighted by Gasteiger charge is 2.45. The molecule has 5 aromatic rings. The Morgan fingerprint density at radius 3 is 2.35 bits per heavy atom. The van der Waals surface area contributed by atoms with Crippen LogP contribution in [0, 0.1) is 18.3 Å². The van der Waals surface area contributed by atoms with Gasteiger partial charge in [0.1, 0.15) is 35.5 Å². The molecule has 17 heteroatoms. The largest absolute Gasteiger partial charge is 0.507 e. The summed E-state index contributed by atoms with van der Waals surface area (Å²) in [6.45, 7) is 13.2. The number of carbonyl (C=O) groups is 4. The van der Waals surface area contributed by atoms with Gasteiger partial charge in [-0.3, -0.25) is 24.1 Å². The number of nitrogens with one attached hydrogen (secondary N) is 2. The van der Waals surface area contributed by atoms with Gasteiger partial charge in [-0.2, -0.15) is 0 Å². The van der Waals surface area contributed by atoms with Gasteiger partial charge >= 0.3 is 0 Å². The molecule has 3 fully saturated rings. The maximum atomic E-state index is 14.2. The molecule has 5 heterocycles. The summed E-state index contributed by atoms with van der Waals surface area (Å²) in [4.78, 5) is 65.8. The summed E-state index contributed by atoms with van der Waals surface area (Å²) in [5.41, 5.74) is 13.3. The average Bonchev–Trinajstić information content (AvgIpc) is 3.97. The molecule has 0 radical (unpaired) electrons. The average molecular weight is 1000 g/mol. The van der Waals surface area contributed by atoms with Crippen LogP contribution in [-0.2, 0) is 25.7 Å². The van der Waals surface area contributed by atoms with Gasteiger partial charge in [-0.1, -0.05) is 75.7 Å². The molecule has 0 spiro atoms. The fraction of sp³-hybridized carbons (Fsp3) is 0.473. The second-order valence-corrected chi connectivity index (χ2v) is 21.6. The van der Waals surface area contributed by atoms with Crippen LogP contribution in [0.4, 0.5) is 11.5 Å². The molecule has 3 amide bonds. The highest BCUT2D eigenvalue weighted by Crippen LogP contribution is 2.35. The van der Waals surface area contributed by atoms with Crippen molar-refractivity contribution in [1.82, 2.24) is 35.6 Å². The molecule has 3 aliphatic rings. The molecule has 3 saturated heterocycles. The number of unbranched alkanes of at least 4 members (excludes halogenated alkanes) is 2. The number of para-hydroxylation sites is 1. The lowest BCUT2D eigenvalue weighted by atomic mass is 9.85. The number of nitrogens with zero attached hydrogens (tertiary/aromatic N) is 6. The standard InChI is InChI=1S/C55H69N9O7S/c1-34(37-18-20-39(21-19-37)50-35(2)57-33-72-50)58-53(69)46-27-40(65)30-64(46)54(70)51(55(3,4)5)59-49(68)17-8-6-7-15-47(66)38-22-24-62(25-23-38)29-36-12-11-13-41(26-36)71-42-31-63(32-42)45-28-44(60-61-52(45)56)43-14-9-10-16-48(43)67/h9-14,16,18-21,26,28,33-34,38,40,42,46,51,65,67H,6-8,15,17,22-25,27,29-32H2,1-5H3,(H2,56,61)(H,58,69)(H,59,68)/t34-,40+,46-,51+/m0/s1. The number of nitrogens with two attached hydrogens (primary N) is 1. The minimum atomic E-state index is -0.903. The van der Waals surface area contributed by atoms with Crippen molar-refractivity contribution >= 4 is 46.3 Å². The number of amides is 3. The number of benzene rings is 3. The molecule has 382 valence electrons. The summed E-state index contributed by atoms with van der Waals surface area (Å²) in [6.07, 6.45) is 3.54. The number of rotatable bonds is 19. The number of Topliss-reactive ketones (excluding diaryl/α,β-unsaturated/α-hetero) is 1. The minimum absolute atomic E-state index is 0.00379. The number of aliphatic hydroxyl groups is 1. The number of likely N-dealkylation sites (tertiary alicyclic amines) is 2. The number of ketones is 1. The van der Waals surface area contributed by atoms with Crippen molar-refractivity contribution in [3.05, 3.63) is 101 Å². The van der Waals surface area contributed by atoms with E-state index in [1.165, 1.54) is 4.90 Å². The predicted octanol–water partition coefficient (Wildman–Crippen LogP) is 7.23. The van der Waals surface area contributed by atoms with E-state index in [1.54, 1.807) is 29.5 Å². The first-order valence-corrected chi connectivity index (χ1v) is 26.1. The number of aromatic nitrogens is 3. The summed E-state index contributed by atoms with van der Waals surface area (Å²) in [5, 5.41) is 35.3. The summed E-state index contributed by atoms with van der Waals surface area (Å²) in [6, 6.07) is 22.9. The number of aliphatic hydroxyl groups excluding tert-OH is 1. The second-order valence-electron chi connectivity index (χ2n) is 20.8. The van der Waals surface area contributed by atoms with E-state index in [1.807, 2.05) is 88.7 Å². The third kappa shape index (κ3) is 12.8. The van der Waals surface area contributed by atoms with E-state index in [2.05, 4.69) is 47.7 Å². The molecular formula is C55H69N9O7S. The number of thiazole rings is 1. The third-order valence-corrected chi connectivity index (χ3v) is 15.2. The minimum Gasteiger partial charge on any atom is -0.507 e. The SMILES string of the molecule is Cc1ncsc1-c1ccc([C@H](C)NC(=O)[C@@H]2C[C@@H](O)CN2C(=O)[C@@H](NC(=O)CCCCCC(=O)C2CCN(Cc3cccc(OC4CN(c5cc(-c6ccccc6O)nnc5N)C4)c3)CC2)C(C)(C)C)cc1. The number of hydrogen-bond acceptors (Lipinski definition) is 14. The van der Waals surface area contributed by atoms with Crippen molar-refractivity contribution < 1.29 is 34.1 Å². The summed E-state index contributed by atoms with van der Waals surface area (Å²) in [7, 11) is 0. The normalized spacial score (nSPS) is 18.6. The van der Waals surface area contributed by atoms with Crippen LogP contribution in [0.5, 0.6) is 11.5 Å². The van der Waals surface area contributed by atoms with E-state index in [-0.39, 0.29) is 60.8 Å². The van der Waals surface area contributed by atoms with Crippen molar-refractivity contribution in [2.24, 2.45) is 11.3 Å². The predicted molar refractivity (Wildman–Crippen MR) is 279 cm³/mol. The molecule has 72 heavy (non-hydrogen) atoms. The Kier molecular flexibility index (Phi) is 16.6. The van der Waals surface area contributed by atoms with Gasteiger partial charge in [0.05, 0.1) is 52.7 Å². The van der Waals surface area contributed by atoms with Gasteiger partial charge in [-0.25, -0.2) is 4.98 Å². The Labute approximate surface area is 426 Å². The van der Waals surface area contributed by atoms with Gasteiger partial charge in [-0.15, -0.1) is 21.5 Å². The first-order chi connectivity index (χ1) is 34.5. The van der Waals surface area contributed by atoms with Gasteiger partial charge < -0.3 is 41.1 Å². The zero-order valence-electron chi connectivity index (χ0n) is 42.1. The number of anilines is 2. The monoisotopic (exact) mass is 1000 g/mol. The molecule has 0 bridgehead atoms. The quantitative estimate of drug-likeness (QED) is 0.0517.